The first-order valence-electron chi connectivity index (χ1n) is 4.29. The van der Waals surface area contributed by atoms with E-state index in [2.05, 4.69) is 4.98 Å². The lowest BCUT2D eigenvalue weighted by molar-refractivity contribution is 0.507. The van der Waals surface area contributed by atoms with E-state index in [-0.39, 0.29) is 0 Å². The molecule has 15 heavy (non-hydrogen) atoms. The predicted octanol–water partition coefficient (Wildman–Crippen LogP) is 2.59. The SMILES string of the molecule is Nc1ncc(Cc2ccc(F)c(F)c2)s1. The van der Waals surface area contributed by atoms with Gasteiger partial charge in [0.05, 0.1) is 0 Å². The van der Waals surface area contributed by atoms with Crippen LogP contribution in [0.3, 0.4) is 0 Å². The number of rotatable bonds is 2. The van der Waals surface area contributed by atoms with E-state index >= 15 is 0 Å². The number of anilines is 1. The minimum Gasteiger partial charge on any atom is -0.375 e. The Bertz CT molecular complexity index is 482. The predicted molar refractivity (Wildman–Crippen MR) is 55.7 cm³/mol. The maximum Gasteiger partial charge on any atom is 0.180 e. The first-order chi connectivity index (χ1) is 7.15. The van der Waals surface area contributed by atoms with Crippen molar-refractivity contribution in [2.24, 2.45) is 0 Å². The van der Waals surface area contributed by atoms with E-state index < -0.39 is 11.6 Å². The molecule has 1 heterocycles. The van der Waals surface area contributed by atoms with Gasteiger partial charge in [-0.15, -0.1) is 11.3 Å². The average Bonchev–Trinajstić information content (AvgIpc) is 2.58. The lowest BCUT2D eigenvalue weighted by atomic mass is 10.1. The summed E-state index contributed by atoms with van der Waals surface area (Å²) in [5.74, 6) is -1.66. The van der Waals surface area contributed by atoms with Crippen LogP contribution in [0.2, 0.25) is 0 Å². The van der Waals surface area contributed by atoms with E-state index in [1.807, 2.05) is 0 Å². The number of aromatic nitrogens is 1. The van der Waals surface area contributed by atoms with Crippen molar-refractivity contribution in [3.05, 3.63) is 46.5 Å². The standard InChI is InChI=1S/C10H8F2N2S/c11-8-2-1-6(4-9(8)12)3-7-5-14-10(13)15-7/h1-2,4-5H,3H2,(H2,13,14). The van der Waals surface area contributed by atoms with Crippen LogP contribution in [0.5, 0.6) is 0 Å². The number of hydrogen-bond acceptors (Lipinski definition) is 3. The van der Waals surface area contributed by atoms with Gasteiger partial charge in [0.15, 0.2) is 16.8 Å². The van der Waals surface area contributed by atoms with Crippen molar-refractivity contribution in [2.75, 3.05) is 5.73 Å². The molecule has 1 aromatic heterocycles. The highest BCUT2D eigenvalue weighted by atomic mass is 32.1. The molecule has 0 saturated carbocycles. The van der Waals surface area contributed by atoms with E-state index in [1.54, 1.807) is 12.3 Å². The Labute approximate surface area is 89.4 Å². The third-order valence-electron chi connectivity index (χ3n) is 1.93. The fourth-order valence-corrected chi connectivity index (χ4v) is 1.97. The van der Waals surface area contributed by atoms with Gasteiger partial charge in [-0.1, -0.05) is 6.07 Å². The maximum atomic E-state index is 12.9. The Kier molecular flexibility index (Phi) is 2.64. The van der Waals surface area contributed by atoms with Crippen LogP contribution in [0.4, 0.5) is 13.9 Å². The van der Waals surface area contributed by atoms with Crippen LogP contribution in [-0.2, 0) is 6.42 Å². The van der Waals surface area contributed by atoms with Gasteiger partial charge >= 0.3 is 0 Å². The molecule has 0 radical (unpaired) electrons. The molecule has 2 aromatic rings. The number of nitrogen functional groups attached to an aromatic ring is 1. The molecule has 0 amide bonds. The van der Waals surface area contributed by atoms with E-state index in [0.717, 1.165) is 10.9 Å². The number of nitrogens with zero attached hydrogens (tertiary/aromatic N) is 1. The molecule has 78 valence electrons. The van der Waals surface area contributed by atoms with Crippen LogP contribution in [0, 0.1) is 11.6 Å². The first kappa shape index (κ1) is 10.0. The van der Waals surface area contributed by atoms with Gasteiger partial charge in [0.2, 0.25) is 0 Å². The summed E-state index contributed by atoms with van der Waals surface area (Å²) in [5, 5.41) is 0.479. The van der Waals surface area contributed by atoms with Gasteiger partial charge < -0.3 is 5.73 Å². The van der Waals surface area contributed by atoms with Gasteiger partial charge in [-0.05, 0) is 17.7 Å². The summed E-state index contributed by atoms with van der Waals surface area (Å²) in [7, 11) is 0. The second-order valence-corrected chi connectivity index (χ2v) is 4.24. The molecule has 2 N–H and O–H groups in total. The monoisotopic (exact) mass is 226 g/mol. The summed E-state index contributed by atoms with van der Waals surface area (Å²) in [4.78, 5) is 4.81. The molecule has 0 spiro atoms. The average molecular weight is 226 g/mol. The fraction of sp³-hybridized carbons (Fsp3) is 0.100. The van der Waals surface area contributed by atoms with Gasteiger partial charge in [0, 0.05) is 17.5 Å². The molecule has 0 unspecified atom stereocenters. The summed E-state index contributed by atoms with van der Waals surface area (Å²) in [6, 6.07) is 3.86. The second-order valence-electron chi connectivity index (χ2n) is 3.09. The Morgan fingerprint density at radius 2 is 2.07 bits per heavy atom. The van der Waals surface area contributed by atoms with Crippen molar-refractivity contribution in [3.8, 4) is 0 Å². The van der Waals surface area contributed by atoms with Crippen molar-refractivity contribution in [1.29, 1.82) is 0 Å². The summed E-state index contributed by atoms with van der Waals surface area (Å²) >= 11 is 1.34. The van der Waals surface area contributed by atoms with Gasteiger partial charge in [-0.25, -0.2) is 13.8 Å². The van der Waals surface area contributed by atoms with Crippen molar-refractivity contribution in [3.63, 3.8) is 0 Å². The molecule has 0 aliphatic rings. The number of halogens is 2. The molecule has 0 saturated heterocycles. The molecule has 5 heteroatoms. The van der Waals surface area contributed by atoms with Gasteiger partial charge in [0.1, 0.15) is 0 Å². The zero-order chi connectivity index (χ0) is 10.8. The number of benzene rings is 1. The van der Waals surface area contributed by atoms with E-state index in [0.29, 0.717) is 17.1 Å². The molecule has 0 aliphatic heterocycles. The number of nitrogens with two attached hydrogens (primary N) is 1. The highest BCUT2D eigenvalue weighted by Crippen LogP contribution is 2.19. The molecule has 2 rings (SSSR count). The Hall–Kier alpha value is -1.49. The molecule has 2 nitrogen and oxygen atoms in total. The largest absolute Gasteiger partial charge is 0.375 e. The Balaban J connectivity index is 2.21. The first-order valence-corrected chi connectivity index (χ1v) is 5.11. The quantitative estimate of drug-likeness (QED) is 0.854. The smallest absolute Gasteiger partial charge is 0.180 e. The summed E-state index contributed by atoms with van der Waals surface area (Å²) in [6.45, 7) is 0. The third-order valence-corrected chi connectivity index (χ3v) is 2.76. The van der Waals surface area contributed by atoms with E-state index in [9.17, 15) is 8.78 Å². The topological polar surface area (TPSA) is 38.9 Å². The van der Waals surface area contributed by atoms with Gasteiger partial charge in [0.25, 0.3) is 0 Å². The lowest BCUT2D eigenvalue weighted by Gasteiger charge is -1.99. The summed E-state index contributed by atoms with van der Waals surface area (Å²) in [5.41, 5.74) is 6.17. The van der Waals surface area contributed by atoms with Crippen LogP contribution in [0.1, 0.15) is 10.4 Å². The van der Waals surface area contributed by atoms with Crippen LogP contribution in [0.25, 0.3) is 0 Å². The van der Waals surface area contributed by atoms with Crippen molar-refractivity contribution in [1.82, 2.24) is 4.98 Å². The van der Waals surface area contributed by atoms with Crippen LogP contribution in [0.15, 0.2) is 24.4 Å². The van der Waals surface area contributed by atoms with Gasteiger partial charge in [-0.2, -0.15) is 0 Å². The molecule has 0 aliphatic carbocycles. The molecule has 0 fully saturated rings. The summed E-state index contributed by atoms with van der Waals surface area (Å²) in [6.07, 6.45) is 2.16. The van der Waals surface area contributed by atoms with Crippen molar-refractivity contribution in [2.45, 2.75) is 6.42 Å². The molecular weight excluding hydrogens is 218 g/mol. The molecule has 1 aromatic carbocycles. The zero-order valence-corrected chi connectivity index (χ0v) is 8.52. The minimum atomic E-state index is -0.831. The lowest BCUT2D eigenvalue weighted by Crippen LogP contribution is -1.89. The number of thiazole rings is 1. The maximum absolute atomic E-state index is 12.9. The second kappa shape index (κ2) is 3.94. The van der Waals surface area contributed by atoms with Crippen molar-refractivity contribution < 1.29 is 8.78 Å². The van der Waals surface area contributed by atoms with E-state index in [4.69, 9.17) is 5.73 Å². The van der Waals surface area contributed by atoms with Crippen LogP contribution < -0.4 is 5.73 Å². The molecule has 0 bridgehead atoms. The third kappa shape index (κ3) is 2.30. The van der Waals surface area contributed by atoms with Crippen molar-refractivity contribution >= 4 is 16.5 Å². The van der Waals surface area contributed by atoms with Crippen LogP contribution >= 0.6 is 11.3 Å². The molecular formula is C10H8F2N2S. The number of hydrogen-bond donors (Lipinski definition) is 1. The minimum absolute atomic E-state index is 0.479. The van der Waals surface area contributed by atoms with Crippen LogP contribution in [-0.4, -0.2) is 4.98 Å². The normalized spacial score (nSPS) is 10.5. The Morgan fingerprint density at radius 3 is 2.67 bits per heavy atom. The van der Waals surface area contributed by atoms with Gasteiger partial charge in [-0.3, -0.25) is 0 Å². The highest BCUT2D eigenvalue weighted by molar-refractivity contribution is 7.15. The molecule has 0 atom stereocenters. The zero-order valence-electron chi connectivity index (χ0n) is 7.71. The Morgan fingerprint density at radius 1 is 1.27 bits per heavy atom. The highest BCUT2D eigenvalue weighted by Gasteiger charge is 2.05. The fourth-order valence-electron chi connectivity index (χ4n) is 1.26. The van der Waals surface area contributed by atoms with E-state index in [1.165, 1.54) is 17.4 Å². The summed E-state index contributed by atoms with van der Waals surface area (Å²) < 4.78 is 25.5.